The zero-order chi connectivity index (χ0) is 38.6. The molecule has 0 radical (unpaired) electrons. The molecule has 6 rings (SSSR count). The predicted molar refractivity (Wildman–Crippen MR) is 215 cm³/mol. The lowest BCUT2D eigenvalue weighted by atomic mass is 9.68. The fraction of sp³-hybridized carbons (Fsp3) is 0.500. The van der Waals surface area contributed by atoms with Crippen molar-refractivity contribution in [2.45, 2.75) is 63.9 Å². The average molecular weight is 777 g/mol. The molecule has 1 amide bonds. The SMILES string of the molecule is C=C[C@H](OC)[C@@H]1CC[C@H]1CN1C[C@@]2(CCCc3cc(Cl)ccc32)COc2ccc(C(=O)N=[S@](=O)(CC(=O)c3cn(C)nc3OC)C[C@@H](C)C/C=C/C)cc21. The number of ether oxygens (including phenoxy) is 3. The highest BCUT2D eigenvalue weighted by molar-refractivity contribution is 7.94. The molecule has 1 aliphatic heterocycles. The number of hydrogen-bond donors (Lipinski definition) is 0. The number of methoxy groups -OCH3 is 2. The van der Waals surface area contributed by atoms with Gasteiger partial charge in [0.1, 0.15) is 11.3 Å². The van der Waals surface area contributed by atoms with Gasteiger partial charge in [-0.25, -0.2) is 4.21 Å². The number of carbonyl (C=O) groups excluding carboxylic acids is 2. The maximum absolute atomic E-state index is 14.7. The van der Waals surface area contributed by atoms with Crippen molar-refractivity contribution in [2.24, 2.45) is 29.2 Å². The van der Waals surface area contributed by atoms with Gasteiger partial charge < -0.3 is 19.1 Å². The van der Waals surface area contributed by atoms with Gasteiger partial charge in [0.2, 0.25) is 5.88 Å². The van der Waals surface area contributed by atoms with Gasteiger partial charge >= 0.3 is 0 Å². The minimum Gasteiger partial charge on any atom is -0.490 e. The molecule has 54 heavy (non-hydrogen) atoms. The maximum Gasteiger partial charge on any atom is 0.285 e. The van der Waals surface area contributed by atoms with Crippen molar-refractivity contribution in [3.63, 3.8) is 0 Å². The molecule has 1 aromatic heterocycles. The van der Waals surface area contributed by atoms with Crippen LogP contribution in [0.3, 0.4) is 0 Å². The van der Waals surface area contributed by atoms with E-state index in [2.05, 4.69) is 33.1 Å². The molecule has 0 unspecified atom stereocenters. The number of benzene rings is 2. The lowest BCUT2D eigenvalue weighted by molar-refractivity contribution is 0.0135. The normalized spacial score (nSPS) is 22.9. The molecule has 290 valence electrons. The summed E-state index contributed by atoms with van der Waals surface area (Å²) < 4.78 is 38.3. The second-order valence-electron chi connectivity index (χ2n) is 15.3. The molecular weight excluding hydrogens is 724 g/mol. The average Bonchev–Trinajstić information content (AvgIpc) is 3.46. The number of hydrogen-bond acceptors (Lipinski definition) is 8. The van der Waals surface area contributed by atoms with Crippen LogP contribution in [0.15, 0.2) is 71.8 Å². The Morgan fingerprint density at radius 1 is 1.22 bits per heavy atom. The van der Waals surface area contributed by atoms with Crippen LogP contribution in [-0.4, -0.2) is 77.2 Å². The van der Waals surface area contributed by atoms with Crippen LogP contribution in [0.5, 0.6) is 11.6 Å². The molecule has 0 saturated heterocycles. The van der Waals surface area contributed by atoms with Gasteiger partial charge in [-0.1, -0.05) is 42.8 Å². The van der Waals surface area contributed by atoms with Crippen LogP contribution in [0.2, 0.25) is 5.02 Å². The number of fused-ring (bicyclic) bond motifs is 3. The third-order valence-electron chi connectivity index (χ3n) is 11.4. The summed E-state index contributed by atoms with van der Waals surface area (Å²) >= 11 is 6.47. The van der Waals surface area contributed by atoms with E-state index in [1.807, 2.05) is 50.3 Å². The molecular formula is C42H53ClN4O6S. The van der Waals surface area contributed by atoms with E-state index in [0.29, 0.717) is 42.7 Å². The van der Waals surface area contributed by atoms with Gasteiger partial charge in [0, 0.05) is 55.2 Å². The first-order valence-electron chi connectivity index (χ1n) is 18.9. The summed E-state index contributed by atoms with van der Waals surface area (Å²) in [5, 5.41) is 4.92. The Kier molecular flexibility index (Phi) is 12.4. The van der Waals surface area contributed by atoms with Gasteiger partial charge in [0.15, 0.2) is 5.78 Å². The summed E-state index contributed by atoms with van der Waals surface area (Å²) in [5.41, 5.74) is 3.53. The Labute approximate surface area is 325 Å². The van der Waals surface area contributed by atoms with Gasteiger partial charge in [0.25, 0.3) is 5.91 Å². The van der Waals surface area contributed by atoms with Gasteiger partial charge in [-0.15, -0.1) is 11.7 Å². The van der Waals surface area contributed by atoms with Crippen LogP contribution in [0.25, 0.3) is 0 Å². The molecule has 3 aromatic rings. The second kappa shape index (κ2) is 16.8. The van der Waals surface area contributed by atoms with E-state index in [1.54, 1.807) is 20.2 Å². The molecule has 0 N–H and O–H groups in total. The second-order valence-corrected chi connectivity index (χ2v) is 18.0. The minimum atomic E-state index is -3.35. The number of aryl methyl sites for hydroxylation is 2. The number of nitrogens with zero attached hydrogens (tertiary/aromatic N) is 4. The lowest BCUT2D eigenvalue weighted by Gasteiger charge is -2.46. The Morgan fingerprint density at radius 3 is 2.74 bits per heavy atom. The van der Waals surface area contributed by atoms with E-state index in [4.69, 9.17) is 25.8 Å². The number of rotatable bonds is 14. The third-order valence-corrected chi connectivity index (χ3v) is 13.9. The molecule has 1 saturated carbocycles. The van der Waals surface area contributed by atoms with Crippen molar-refractivity contribution < 1.29 is 28.0 Å². The summed E-state index contributed by atoms with van der Waals surface area (Å²) in [6.07, 6.45) is 13.0. The fourth-order valence-electron chi connectivity index (χ4n) is 8.54. The van der Waals surface area contributed by atoms with E-state index in [9.17, 15) is 13.8 Å². The van der Waals surface area contributed by atoms with E-state index in [-0.39, 0.29) is 34.6 Å². The van der Waals surface area contributed by atoms with Crippen LogP contribution in [0.4, 0.5) is 5.69 Å². The van der Waals surface area contributed by atoms with Gasteiger partial charge in [-0.05, 0) is 105 Å². The summed E-state index contributed by atoms with van der Waals surface area (Å²) in [7, 11) is 1.50. The Hall–Kier alpha value is -3.93. The summed E-state index contributed by atoms with van der Waals surface area (Å²) in [6.45, 7) is 9.83. The van der Waals surface area contributed by atoms with Crippen LogP contribution in [0.1, 0.15) is 77.8 Å². The van der Waals surface area contributed by atoms with Crippen molar-refractivity contribution in [3.05, 3.63) is 94.7 Å². The highest BCUT2D eigenvalue weighted by Gasteiger charge is 2.44. The first kappa shape index (κ1) is 39.8. The minimum absolute atomic E-state index is 0.0395. The number of carbonyl (C=O) groups is 2. The van der Waals surface area contributed by atoms with E-state index < -0.39 is 27.2 Å². The van der Waals surface area contributed by atoms with Crippen molar-refractivity contribution in [3.8, 4) is 11.6 Å². The number of Topliss-reactive ketones (excluding diaryl/α,β-unsaturated/α-hetero) is 1. The smallest absolute Gasteiger partial charge is 0.285 e. The van der Waals surface area contributed by atoms with Crippen LogP contribution in [-0.2, 0) is 33.3 Å². The molecule has 2 aliphatic carbocycles. The Balaban J connectivity index is 1.37. The Bertz CT molecular complexity index is 2040. The zero-order valence-electron chi connectivity index (χ0n) is 32.1. The van der Waals surface area contributed by atoms with Gasteiger partial charge in [-0.2, -0.15) is 4.36 Å². The number of halogens is 1. The van der Waals surface area contributed by atoms with E-state index in [1.165, 1.54) is 29.1 Å². The first-order chi connectivity index (χ1) is 25.9. The topological polar surface area (TPSA) is 112 Å². The standard InChI is InChI=1S/C42H53ClN4O6S/c1-7-9-11-28(3)24-54(50,25-37(48)34-23-46(4)44-41(34)52-6)45-40(49)30-14-18-39-36(21-30)47(22-31-13-16-33(31)38(8-2)51-5)26-42(27-53-39)19-10-12-29-20-32(43)15-17-35(29)42/h7-9,14-15,17-18,20-21,23,28,31,33,38H,2,10-13,16,19,22,24-27H2,1,3-6H3/b9-7+/t28-,31-,33+,38-,42-,54+/m0/s1. The number of amides is 1. The molecule has 1 spiro atoms. The quantitative estimate of drug-likeness (QED) is 0.120. The van der Waals surface area contributed by atoms with Gasteiger partial charge in [0.05, 0.1) is 41.0 Å². The van der Waals surface area contributed by atoms with Crippen molar-refractivity contribution in [1.29, 1.82) is 0 Å². The van der Waals surface area contributed by atoms with E-state index >= 15 is 0 Å². The largest absolute Gasteiger partial charge is 0.490 e. The third kappa shape index (κ3) is 8.48. The first-order valence-corrected chi connectivity index (χ1v) is 21.1. The maximum atomic E-state index is 14.7. The molecule has 3 aliphatic rings. The Morgan fingerprint density at radius 2 is 2.04 bits per heavy atom. The van der Waals surface area contributed by atoms with Crippen LogP contribution in [0, 0.1) is 17.8 Å². The number of ketones is 1. The van der Waals surface area contributed by atoms with Crippen molar-refractivity contribution in [2.75, 3.05) is 50.3 Å². The lowest BCUT2D eigenvalue weighted by Crippen LogP contribution is -2.49. The molecule has 2 heterocycles. The predicted octanol–water partition coefficient (Wildman–Crippen LogP) is 7.88. The molecule has 2 aromatic carbocycles. The number of allylic oxidation sites excluding steroid dienone is 2. The van der Waals surface area contributed by atoms with Crippen molar-refractivity contribution in [1.82, 2.24) is 9.78 Å². The fourth-order valence-corrected chi connectivity index (χ4v) is 11.0. The summed E-state index contributed by atoms with van der Waals surface area (Å²) in [4.78, 5) is 30.2. The van der Waals surface area contributed by atoms with Gasteiger partial charge in [-0.3, -0.25) is 14.3 Å². The summed E-state index contributed by atoms with van der Waals surface area (Å²) in [6, 6.07) is 11.6. The summed E-state index contributed by atoms with van der Waals surface area (Å²) in [5.74, 6) is 0.00313. The van der Waals surface area contributed by atoms with Crippen LogP contribution < -0.4 is 14.4 Å². The molecule has 6 atom stereocenters. The number of anilines is 1. The van der Waals surface area contributed by atoms with Crippen molar-refractivity contribution >= 4 is 38.7 Å². The molecule has 0 bridgehead atoms. The molecule has 12 heteroatoms. The van der Waals surface area contributed by atoms with E-state index in [0.717, 1.165) is 49.4 Å². The van der Waals surface area contributed by atoms with Crippen LogP contribution >= 0.6 is 11.6 Å². The monoisotopic (exact) mass is 776 g/mol. The molecule has 10 nitrogen and oxygen atoms in total. The zero-order valence-corrected chi connectivity index (χ0v) is 33.7. The molecule has 1 fully saturated rings. The highest BCUT2D eigenvalue weighted by Crippen LogP contribution is 2.47. The highest BCUT2D eigenvalue weighted by atomic mass is 35.5. The number of aromatic nitrogens is 2.